The zero-order valence-corrected chi connectivity index (χ0v) is 16.9. The molecule has 4 rings (SSSR count). The Morgan fingerprint density at radius 2 is 1.79 bits per heavy atom. The van der Waals surface area contributed by atoms with E-state index in [0.717, 1.165) is 15.8 Å². The fourth-order valence-electron chi connectivity index (χ4n) is 3.31. The Labute approximate surface area is 175 Å². The maximum absolute atomic E-state index is 13.0. The first-order chi connectivity index (χ1) is 13.5. The number of carbonyl (C=O) groups is 1. The topological polar surface area (TPSA) is 66.7 Å². The molecule has 144 valence electrons. The highest BCUT2D eigenvalue weighted by Crippen LogP contribution is 2.36. The zero-order chi connectivity index (χ0) is 19.8. The number of benzene rings is 2. The van der Waals surface area contributed by atoms with Gasteiger partial charge in [0.15, 0.2) is 0 Å². The highest BCUT2D eigenvalue weighted by molar-refractivity contribution is 7.21. The van der Waals surface area contributed by atoms with Gasteiger partial charge in [0.25, 0.3) is 11.6 Å². The summed E-state index contributed by atoms with van der Waals surface area (Å²) >= 11 is 14.1. The highest BCUT2D eigenvalue weighted by atomic mass is 35.5. The molecule has 2 aromatic carbocycles. The third kappa shape index (κ3) is 3.41. The first-order valence-electron chi connectivity index (χ1n) is 8.61. The van der Waals surface area contributed by atoms with E-state index in [-0.39, 0.29) is 11.6 Å². The maximum Gasteiger partial charge on any atom is 0.271 e. The normalized spacial score (nSPS) is 14.5. The number of rotatable bonds is 3. The van der Waals surface area contributed by atoms with Crippen LogP contribution in [0.25, 0.3) is 10.1 Å². The molecule has 0 aliphatic carbocycles. The predicted octanol–water partition coefficient (Wildman–Crippen LogP) is 5.08. The second kappa shape index (κ2) is 7.58. The first kappa shape index (κ1) is 19.0. The average Bonchev–Trinajstić information content (AvgIpc) is 3.04. The van der Waals surface area contributed by atoms with Crippen LogP contribution in [0.4, 0.5) is 11.4 Å². The van der Waals surface area contributed by atoms with Crippen molar-refractivity contribution < 1.29 is 9.72 Å². The maximum atomic E-state index is 13.0. The van der Waals surface area contributed by atoms with E-state index in [2.05, 4.69) is 0 Å². The van der Waals surface area contributed by atoms with Crippen molar-refractivity contribution in [3.8, 4) is 0 Å². The van der Waals surface area contributed by atoms with Gasteiger partial charge in [-0.25, -0.2) is 0 Å². The predicted molar refractivity (Wildman–Crippen MR) is 113 cm³/mol. The van der Waals surface area contributed by atoms with Gasteiger partial charge >= 0.3 is 0 Å². The van der Waals surface area contributed by atoms with Crippen LogP contribution in [0.5, 0.6) is 0 Å². The van der Waals surface area contributed by atoms with Crippen molar-refractivity contribution in [3.63, 3.8) is 0 Å². The third-order valence-electron chi connectivity index (χ3n) is 4.78. The molecule has 0 saturated carbocycles. The van der Waals surface area contributed by atoms with Crippen molar-refractivity contribution in [1.29, 1.82) is 0 Å². The van der Waals surface area contributed by atoms with Crippen LogP contribution in [0.2, 0.25) is 10.0 Å². The molecule has 28 heavy (non-hydrogen) atoms. The van der Waals surface area contributed by atoms with Gasteiger partial charge in [0.05, 0.1) is 20.7 Å². The second-order valence-corrected chi connectivity index (χ2v) is 8.25. The molecule has 0 bridgehead atoms. The summed E-state index contributed by atoms with van der Waals surface area (Å²) in [5.74, 6) is -0.0688. The molecule has 0 radical (unpaired) electrons. The SMILES string of the molecule is O=C(c1sc2ccccc2c1Cl)N1CCN(c2ccc([N+](=O)[O-])cc2Cl)CC1. The number of fused-ring (bicyclic) bond motifs is 1. The number of non-ortho nitro benzene ring substituents is 1. The zero-order valence-electron chi connectivity index (χ0n) is 14.6. The lowest BCUT2D eigenvalue weighted by molar-refractivity contribution is -0.384. The second-order valence-electron chi connectivity index (χ2n) is 6.41. The minimum atomic E-state index is -0.471. The molecular formula is C19H15Cl2N3O3S. The van der Waals surface area contributed by atoms with Crippen molar-refractivity contribution in [2.75, 3.05) is 31.1 Å². The van der Waals surface area contributed by atoms with Gasteiger partial charge in [-0.05, 0) is 12.1 Å². The number of nitro groups is 1. The Morgan fingerprint density at radius 3 is 2.43 bits per heavy atom. The van der Waals surface area contributed by atoms with E-state index in [1.807, 2.05) is 29.2 Å². The van der Waals surface area contributed by atoms with Crippen molar-refractivity contribution in [3.05, 3.63) is 67.5 Å². The van der Waals surface area contributed by atoms with Gasteiger partial charge in [-0.1, -0.05) is 41.4 Å². The summed E-state index contributed by atoms with van der Waals surface area (Å²) in [7, 11) is 0. The molecule has 1 saturated heterocycles. The van der Waals surface area contributed by atoms with E-state index >= 15 is 0 Å². The van der Waals surface area contributed by atoms with E-state index in [9.17, 15) is 14.9 Å². The molecule has 1 fully saturated rings. The summed E-state index contributed by atoms with van der Waals surface area (Å²) < 4.78 is 0.993. The summed E-state index contributed by atoms with van der Waals surface area (Å²) in [5.41, 5.74) is 0.696. The summed E-state index contributed by atoms with van der Waals surface area (Å²) in [5, 5.41) is 12.6. The van der Waals surface area contributed by atoms with Crippen molar-refractivity contribution in [2.45, 2.75) is 0 Å². The molecule has 9 heteroatoms. The van der Waals surface area contributed by atoms with Gasteiger partial charge in [-0.2, -0.15) is 0 Å². The van der Waals surface area contributed by atoms with Crippen LogP contribution in [-0.4, -0.2) is 41.9 Å². The largest absolute Gasteiger partial charge is 0.367 e. The Balaban J connectivity index is 1.48. The van der Waals surface area contributed by atoms with E-state index in [1.165, 1.54) is 23.5 Å². The van der Waals surface area contributed by atoms with Gasteiger partial charge in [0.1, 0.15) is 4.88 Å². The quantitative estimate of drug-likeness (QED) is 0.424. The van der Waals surface area contributed by atoms with Crippen LogP contribution in [0.1, 0.15) is 9.67 Å². The number of nitro benzene ring substituents is 1. The lowest BCUT2D eigenvalue weighted by Crippen LogP contribution is -2.48. The first-order valence-corrected chi connectivity index (χ1v) is 10.2. The molecule has 1 aromatic heterocycles. The van der Waals surface area contributed by atoms with Gasteiger partial charge in [-0.3, -0.25) is 14.9 Å². The number of nitrogens with zero attached hydrogens (tertiary/aromatic N) is 3. The van der Waals surface area contributed by atoms with Crippen molar-refractivity contribution in [2.24, 2.45) is 0 Å². The smallest absolute Gasteiger partial charge is 0.271 e. The summed E-state index contributed by atoms with van der Waals surface area (Å²) in [6.07, 6.45) is 0. The Bertz CT molecular complexity index is 1080. The molecule has 0 spiro atoms. The van der Waals surface area contributed by atoms with Crippen molar-refractivity contribution >= 4 is 61.9 Å². The van der Waals surface area contributed by atoms with Gasteiger partial charge in [0, 0.05) is 48.4 Å². The molecule has 1 aliphatic heterocycles. The van der Waals surface area contributed by atoms with Crippen LogP contribution in [0, 0.1) is 10.1 Å². The number of anilines is 1. The fourth-order valence-corrected chi connectivity index (χ4v) is 5.09. The van der Waals surface area contributed by atoms with Crippen LogP contribution < -0.4 is 4.90 Å². The van der Waals surface area contributed by atoms with Crippen LogP contribution in [0.3, 0.4) is 0 Å². The van der Waals surface area contributed by atoms with E-state index < -0.39 is 4.92 Å². The van der Waals surface area contributed by atoms with Crippen molar-refractivity contribution in [1.82, 2.24) is 4.90 Å². The monoisotopic (exact) mass is 435 g/mol. The minimum Gasteiger partial charge on any atom is -0.367 e. The summed E-state index contributed by atoms with van der Waals surface area (Å²) in [6.45, 7) is 2.23. The third-order valence-corrected chi connectivity index (χ3v) is 6.74. The number of piperazine rings is 1. The molecule has 3 aromatic rings. The average molecular weight is 436 g/mol. The standard InChI is InChI=1S/C19H15Cl2N3O3S/c20-14-11-12(24(26)27)5-6-15(14)22-7-9-23(10-8-22)19(25)18-17(21)13-3-1-2-4-16(13)28-18/h1-6,11H,7-10H2. The minimum absolute atomic E-state index is 0.0398. The molecule has 1 amide bonds. The lowest BCUT2D eigenvalue weighted by atomic mass is 10.2. The summed E-state index contributed by atoms with van der Waals surface area (Å²) in [4.78, 5) is 27.7. The fraction of sp³-hybridized carbons (Fsp3) is 0.211. The van der Waals surface area contributed by atoms with Crippen LogP contribution in [-0.2, 0) is 0 Å². The van der Waals surface area contributed by atoms with Gasteiger partial charge in [-0.15, -0.1) is 11.3 Å². The van der Waals surface area contributed by atoms with Crippen LogP contribution >= 0.6 is 34.5 Å². The van der Waals surface area contributed by atoms with E-state index in [4.69, 9.17) is 23.2 Å². The Morgan fingerprint density at radius 1 is 1.07 bits per heavy atom. The lowest BCUT2D eigenvalue weighted by Gasteiger charge is -2.36. The highest BCUT2D eigenvalue weighted by Gasteiger charge is 2.27. The van der Waals surface area contributed by atoms with Gasteiger partial charge in [0.2, 0.25) is 0 Å². The molecular weight excluding hydrogens is 421 g/mol. The number of halogens is 2. The molecule has 6 nitrogen and oxygen atoms in total. The number of hydrogen-bond donors (Lipinski definition) is 0. The number of carbonyl (C=O) groups excluding carboxylic acids is 1. The molecule has 0 unspecified atom stereocenters. The number of amides is 1. The molecule has 2 heterocycles. The summed E-state index contributed by atoms with van der Waals surface area (Å²) in [6, 6.07) is 12.1. The van der Waals surface area contributed by atoms with E-state index in [0.29, 0.717) is 41.1 Å². The number of thiophene rings is 1. The van der Waals surface area contributed by atoms with E-state index in [1.54, 1.807) is 11.0 Å². The molecule has 0 atom stereocenters. The van der Waals surface area contributed by atoms with Crippen LogP contribution in [0.15, 0.2) is 42.5 Å². The number of hydrogen-bond acceptors (Lipinski definition) is 5. The molecule has 0 N–H and O–H groups in total. The Kier molecular flexibility index (Phi) is 5.14. The Hall–Kier alpha value is -2.35. The molecule has 1 aliphatic rings. The van der Waals surface area contributed by atoms with Gasteiger partial charge < -0.3 is 9.80 Å².